The Morgan fingerprint density at radius 3 is 2.89 bits per heavy atom. The number of rotatable bonds is 4. The molecule has 0 spiro atoms. The number of hydrogen-bond acceptors (Lipinski definition) is 2. The molecule has 1 nitrogen and oxygen atoms in total. The number of halogens is 1. The Balaban J connectivity index is 1.57. The molecule has 3 heteroatoms. The van der Waals surface area contributed by atoms with E-state index in [2.05, 4.69) is 11.4 Å². The number of fused-ring (bicyclic) bond motifs is 1. The first-order chi connectivity index (χ1) is 9.22. The number of nitrogens with one attached hydrogen (secondary N) is 1. The summed E-state index contributed by atoms with van der Waals surface area (Å²) in [6, 6.07) is 7.34. The molecule has 0 saturated heterocycles. The molecule has 100 valence electrons. The molecule has 1 aromatic carbocycles. The van der Waals surface area contributed by atoms with Gasteiger partial charge in [0.05, 0.1) is 0 Å². The molecule has 1 N–H and O–H groups in total. The molecule has 0 aliphatic heterocycles. The van der Waals surface area contributed by atoms with Crippen molar-refractivity contribution in [3.8, 4) is 0 Å². The van der Waals surface area contributed by atoms with Gasteiger partial charge in [0.15, 0.2) is 0 Å². The topological polar surface area (TPSA) is 12.0 Å². The summed E-state index contributed by atoms with van der Waals surface area (Å²) >= 11 is 1.94. The average molecular weight is 275 g/mol. The first-order valence-corrected chi connectivity index (χ1v) is 7.60. The fourth-order valence-electron chi connectivity index (χ4n) is 2.66. The minimum atomic E-state index is -0.157. The zero-order chi connectivity index (χ0) is 13.2. The highest BCUT2D eigenvalue weighted by molar-refractivity contribution is 7.12. The fraction of sp³-hybridized carbons (Fsp3) is 0.375. The Hall–Kier alpha value is -1.19. The maximum absolute atomic E-state index is 13.0. The van der Waals surface area contributed by atoms with Crippen molar-refractivity contribution < 1.29 is 4.39 Å². The number of hydrogen-bond donors (Lipinski definition) is 1. The third-order valence-corrected chi connectivity index (χ3v) is 4.95. The largest absolute Gasteiger partial charge is 0.308 e. The summed E-state index contributed by atoms with van der Waals surface area (Å²) in [5, 5.41) is 3.45. The van der Waals surface area contributed by atoms with Crippen molar-refractivity contribution in [1.82, 2.24) is 5.32 Å². The maximum Gasteiger partial charge on any atom is 0.123 e. The molecule has 1 aromatic heterocycles. The average Bonchev–Trinajstić information content (AvgIpc) is 2.92. The molecular formula is C16H18FNS. The van der Waals surface area contributed by atoms with Gasteiger partial charge in [0, 0.05) is 22.8 Å². The van der Waals surface area contributed by atoms with E-state index in [1.54, 1.807) is 16.5 Å². The molecule has 0 amide bonds. The van der Waals surface area contributed by atoms with E-state index in [9.17, 15) is 4.39 Å². The minimum absolute atomic E-state index is 0.157. The number of aryl methyl sites for hydroxylation is 3. The molecule has 3 rings (SSSR count). The van der Waals surface area contributed by atoms with Crippen LogP contribution in [0.1, 0.15) is 32.9 Å². The van der Waals surface area contributed by atoms with Crippen molar-refractivity contribution in [3.63, 3.8) is 0 Å². The van der Waals surface area contributed by atoms with Crippen LogP contribution in [0.15, 0.2) is 24.3 Å². The van der Waals surface area contributed by atoms with Crippen LogP contribution in [-0.2, 0) is 25.9 Å². The van der Waals surface area contributed by atoms with Gasteiger partial charge in [-0.2, -0.15) is 0 Å². The molecule has 1 aliphatic carbocycles. The molecule has 1 aliphatic rings. The zero-order valence-corrected chi connectivity index (χ0v) is 11.9. The van der Waals surface area contributed by atoms with Gasteiger partial charge in [0.1, 0.15) is 5.82 Å². The Labute approximate surface area is 117 Å². The van der Waals surface area contributed by atoms with Crippen molar-refractivity contribution >= 4 is 11.3 Å². The molecule has 0 unspecified atom stereocenters. The summed E-state index contributed by atoms with van der Waals surface area (Å²) in [6.45, 7) is 3.67. The summed E-state index contributed by atoms with van der Waals surface area (Å²) in [5.74, 6) is -0.157. The second-order valence-electron chi connectivity index (χ2n) is 5.19. The van der Waals surface area contributed by atoms with Crippen LogP contribution in [0.3, 0.4) is 0 Å². The Kier molecular flexibility index (Phi) is 3.67. The lowest BCUT2D eigenvalue weighted by Gasteiger charge is -2.07. The lowest BCUT2D eigenvalue weighted by atomic mass is 10.1. The van der Waals surface area contributed by atoms with Gasteiger partial charge in [-0.3, -0.25) is 0 Å². The molecule has 0 saturated carbocycles. The van der Waals surface area contributed by atoms with E-state index < -0.39 is 0 Å². The molecule has 19 heavy (non-hydrogen) atoms. The second-order valence-corrected chi connectivity index (χ2v) is 6.41. The highest BCUT2D eigenvalue weighted by Crippen LogP contribution is 2.30. The van der Waals surface area contributed by atoms with Gasteiger partial charge >= 0.3 is 0 Å². The van der Waals surface area contributed by atoms with Crippen LogP contribution >= 0.6 is 11.3 Å². The monoisotopic (exact) mass is 275 g/mol. The molecule has 1 heterocycles. The van der Waals surface area contributed by atoms with Crippen molar-refractivity contribution in [2.24, 2.45) is 0 Å². The fourth-order valence-corrected chi connectivity index (χ4v) is 3.89. The summed E-state index contributed by atoms with van der Waals surface area (Å²) < 4.78 is 13.0. The van der Waals surface area contributed by atoms with Crippen LogP contribution in [0.25, 0.3) is 0 Å². The van der Waals surface area contributed by atoms with E-state index in [1.807, 2.05) is 24.3 Å². The molecule has 0 bridgehead atoms. The second kappa shape index (κ2) is 5.43. The molecular weight excluding hydrogens is 257 g/mol. The van der Waals surface area contributed by atoms with Crippen molar-refractivity contribution in [2.45, 2.75) is 39.3 Å². The third kappa shape index (κ3) is 2.88. The van der Waals surface area contributed by atoms with Crippen LogP contribution < -0.4 is 5.32 Å². The first-order valence-electron chi connectivity index (χ1n) is 6.78. The van der Waals surface area contributed by atoms with Gasteiger partial charge in [-0.1, -0.05) is 6.07 Å². The van der Waals surface area contributed by atoms with Crippen LogP contribution in [0, 0.1) is 12.7 Å². The quantitative estimate of drug-likeness (QED) is 0.890. The van der Waals surface area contributed by atoms with E-state index in [-0.39, 0.29) is 5.82 Å². The van der Waals surface area contributed by atoms with E-state index >= 15 is 0 Å². The van der Waals surface area contributed by atoms with E-state index in [1.165, 1.54) is 35.8 Å². The lowest BCUT2D eigenvalue weighted by Crippen LogP contribution is -2.12. The van der Waals surface area contributed by atoms with Crippen LogP contribution in [-0.4, -0.2) is 0 Å². The summed E-state index contributed by atoms with van der Waals surface area (Å²) in [5.41, 5.74) is 3.74. The standard InChI is InChI=1S/C16H18FNS/c1-11-7-14(17)6-5-13(11)9-18-10-15-8-12-3-2-4-16(12)19-15/h5-8,18H,2-4,9-10H2,1H3. The lowest BCUT2D eigenvalue weighted by molar-refractivity contribution is 0.623. The van der Waals surface area contributed by atoms with E-state index in [0.717, 1.165) is 18.7 Å². The van der Waals surface area contributed by atoms with Gasteiger partial charge < -0.3 is 5.32 Å². The van der Waals surface area contributed by atoms with Gasteiger partial charge in [0.25, 0.3) is 0 Å². The highest BCUT2D eigenvalue weighted by Gasteiger charge is 2.14. The van der Waals surface area contributed by atoms with E-state index in [0.29, 0.717) is 0 Å². The predicted molar refractivity (Wildman–Crippen MR) is 78.0 cm³/mol. The molecule has 0 atom stereocenters. The number of thiophene rings is 1. The number of benzene rings is 1. The summed E-state index contributed by atoms with van der Waals surface area (Å²) in [4.78, 5) is 3.00. The van der Waals surface area contributed by atoms with Crippen molar-refractivity contribution in [2.75, 3.05) is 0 Å². The molecule has 2 aromatic rings. The SMILES string of the molecule is Cc1cc(F)ccc1CNCc1cc2c(s1)CCC2. The summed E-state index contributed by atoms with van der Waals surface area (Å²) in [6.07, 6.45) is 3.84. The Bertz CT molecular complexity index is 567. The van der Waals surface area contributed by atoms with Gasteiger partial charge in [0.2, 0.25) is 0 Å². The van der Waals surface area contributed by atoms with Crippen molar-refractivity contribution in [1.29, 1.82) is 0 Å². The Morgan fingerprint density at radius 2 is 2.11 bits per heavy atom. The summed E-state index contributed by atoms with van der Waals surface area (Å²) in [7, 11) is 0. The normalized spacial score (nSPS) is 13.8. The molecule has 0 radical (unpaired) electrons. The van der Waals surface area contributed by atoms with Crippen molar-refractivity contribution in [3.05, 3.63) is 56.5 Å². The van der Waals surface area contributed by atoms with Crippen LogP contribution in [0.4, 0.5) is 4.39 Å². The third-order valence-electron chi connectivity index (χ3n) is 3.72. The Morgan fingerprint density at radius 1 is 1.21 bits per heavy atom. The maximum atomic E-state index is 13.0. The predicted octanol–water partition coefficient (Wildman–Crippen LogP) is 3.97. The zero-order valence-electron chi connectivity index (χ0n) is 11.1. The van der Waals surface area contributed by atoms with Gasteiger partial charge in [-0.25, -0.2) is 4.39 Å². The van der Waals surface area contributed by atoms with Gasteiger partial charge in [-0.15, -0.1) is 11.3 Å². The van der Waals surface area contributed by atoms with E-state index in [4.69, 9.17) is 0 Å². The smallest absolute Gasteiger partial charge is 0.123 e. The molecule has 0 fully saturated rings. The minimum Gasteiger partial charge on any atom is -0.308 e. The van der Waals surface area contributed by atoms with Gasteiger partial charge in [-0.05, 0) is 61.1 Å². The highest BCUT2D eigenvalue weighted by atomic mass is 32.1. The van der Waals surface area contributed by atoms with Crippen LogP contribution in [0.5, 0.6) is 0 Å². The van der Waals surface area contributed by atoms with Crippen LogP contribution in [0.2, 0.25) is 0 Å². The first kappa shape index (κ1) is 12.8.